The van der Waals surface area contributed by atoms with Crippen LogP contribution in [0.15, 0.2) is 60.1 Å². The van der Waals surface area contributed by atoms with E-state index in [1.54, 1.807) is 12.1 Å². The number of phenols is 1. The summed E-state index contributed by atoms with van der Waals surface area (Å²) in [5, 5.41) is 16.6. The molecule has 0 aromatic heterocycles. The van der Waals surface area contributed by atoms with Crippen molar-refractivity contribution in [2.24, 2.45) is 4.99 Å². The minimum Gasteiger partial charge on any atom is -0.504 e. The smallest absolute Gasteiger partial charge is 0.191 e. The molecule has 0 bridgehead atoms. The molecule has 2 rings (SSSR count). The van der Waals surface area contributed by atoms with E-state index in [0.717, 1.165) is 23.4 Å². The highest BCUT2D eigenvalue weighted by molar-refractivity contribution is 5.79. The fourth-order valence-corrected chi connectivity index (χ4v) is 2.48. The molecule has 2 aromatic rings. The van der Waals surface area contributed by atoms with Crippen molar-refractivity contribution >= 4 is 5.96 Å². The number of aromatic hydroxyl groups is 1. The molecule has 0 aliphatic rings. The van der Waals surface area contributed by atoms with Crippen LogP contribution in [-0.4, -0.2) is 31.3 Å². The van der Waals surface area contributed by atoms with Crippen molar-refractivity contribution in [1.82, 2.24) is 10.6 Å². The lowest BCUT2D eigenvalue weighted by atomic mass is 10.2. The number of guanidine groups is 1. The largest absolute Gasteiger partial charge is 0.504 e. The van der Waals surface area contributed by atoms with Gasteiger partial charge in [0.25, 0.3) is 0 Å². The number of hydrogen-bond donors (Lipinski definition) is 3. The van der Waals surface area contributed by atoms with Crippen molar-refractivity contribution in [2.45, 2.75) is 20.0 Å². The van der Waals surface area contributed by atoms with E-state index in [4.69, 9.17) is 9.47 Å². The Kier molecular flexibility index (Phi) is 8.03. The summed E-state index contributed by atoms with van der Waals surface area (Å²) in [6.45, 7) is 7.74. The second kappa shape index (κ2) is 10.8. The molecule has 0 fully saturated rings. The minimum atomic E-state index is 0.131. The Labute approximate surface area is 160 Å². The van der Waals surface area contributed by atoms with Crippen molar-refractivity contribution in [3.63, 3.8) is 0 Å². The molecule has 27 heavy (non-hydrogen) atoms. The average molecular weight is 369 g/mol. The van der Waals surface area contributed by atoms with E-state index in [0.29, 0.717) is 31.4 Å². The topological polar surface area (TPSA) is 75.1 Å². The van der Waals surface area contributed by atoms with Crippen LogP contribution in [0.4, 0.5) is 0 Å². The van der Waals surface area contributed by atoms with Crippen LogP contribution in [0.1, 0.15) is 18.1 Å². The molecule has 3 N–H and O–H groups in total. The van der Waals surface area contributed by atoms with Gasteiger partial charge in [0.15, 0.2) is 17.5 Å². The molecular formula is C21H27N3O3. The Morgan fingerprint density at radius 1 is 1.11 bits per heavy atom. The fourth-order valence-electron chi connectivity index (χ4n) is 2.48. The van der Waals surface area contributed by atoms with Gasteiger partial charge in [-0.05, 0) is 19.1 Å². The lowest BCUT2D eigenvalue weighted by Crippen LogP contribution is -2.36. The molecule has 0 radical (unpaired) electrons. The first-order valence-corrected chi connectivity index (χ1v) is 8.88. The Morgan fingerprint density at radius 2 is 1.85 bits per heavy atom. The van der Waals surface area contributed by atoms with Crippen molar-refractivity contribution in [1.29, 1.82) is 0 Å². The Hall–Kier alpha value is -3.15. The van der Waals surface area contributed by atoms with Crippen LogP contribution in [0.5, 0.6) is 17.2 Å². The Morgan fingerprint density at radius 3 is 2.59 bits per heavy atom. The van der Waals surface area contributed by atoms with E-state index >= 15 is 0 Å². The molecule has 0 saturated carbocycles. The molecule has 0 heterocycles. The maximum atomic E-state index is 10.2. The monoisotopic (exact) mass is 369 g/mol. The van der Waals surface area contributed by atoms with Gasteiger partial charge in [0.2, 0.25) is 0 Å². The molecule has 144 valence electrons. The van der Waals surface area contributed by atoms with Crippen LogP contribution in [0.3, 0.4) is 0 Å². The van der Waals surface area contributed by atoms with Gasteiger partial charge in [-0.25, -0.2) is 4.99 Å². The lowest BCUT2D eigenvalue weighted by Gasteiger charge is -2.14. The van der Waals surface area contributed by atoms with E-state index in [2.05, 4.69) is 22.2 Å². The van der Waals surface area contributed by atoms with Crippen LogP contribution in [-0.2, 0) is 13.1 Å². The minimum absolute atomic E-state index is 0.131. The maximum Gasteiger partial charge on any atom is 0.191 e. The maximum absolute atomic E-state index is 10.2. The van der Waals surface area contributed by atoms with Gasteiger partial charge in [0.1, 0.15) is 12.4 Å². The Balaban J connectivity index is 2.08. The van der Waals surface area contributed by atoms with Crippen LogP contribution in [0.25, 0.3) is 0 Å². The van der Waals surface area contributed by atoms with Crippen molar-refractivity contribution in [3.8, 4) is 17.2 Å². The number of para-hydroxylation sites is 2. The van der Waals surface area contributed by atoms with Gasteiger partial charge in [0.05, 0.1) is 13.7 Å². The predicted molar refractivity (Wildman–Crippen MR) is 108 cm³/mol. The third-order valence-corrected chi connectivity index (χ3v) is 3.83. The third kappa shape index (κ3) is 5.95. The number of rotatable bonds is 9. The summed E-state index contributed by atoms with van der Waals surface area (Å²) >= 11 is 0. The zero-order valence-corrected chi connectivity index (χ0v) is 15.9. The number of hydrogen-bond acceptors (Lipinski definition) is 4. The van der Waals surface area contributed by atoms with E-state index in [9.17, 15) is 5.11 Å². The highest BCUT2D eigenvalue weighted by Crippen LogP contribution is 2.29. The van der Waals surface area contributed by atoms with E-state index in [-0.39, 0.29) is 5.75 Å². The third-order valence-electron chi connectivity index (χ3n) is 3.83. The molecule has 6 nitrogen and oxygen atoms in total. The predicted octanol–water partition coefficient (Wildman–Crippen LogP) is 3.22. The molecule has 0 aliphatic carbocycles. The SMILES string of the molecule is C=CCOc1ccccc1CN=C(NCC)NCc1cccc(OC)c1O. The van der Waals surface area contributed by atoms with E-state index < -0.39 is 0 Å². The van der Waals surface area contributed by atoms with E-state index in [1.165, 1.54) is 7.11 Å². The second-order valence-corrected chi connectivity index (χ2v) is 5.72. The van der Waals surface area contributed by atoms with Crippen LogP contribution >= 0.6 is 0 Å². The van der Waals surface area contributed by atoms with Crippen molar-refractivity contribution in [3.05, 3.63) is 66.2 Å². The van der Waals surface area contributed by atoms with Gasteiger partial charge in [0, 0.05) is 24.2 Å². The number of methoxy groups -OCH3 is 1. The van der Waals surface area contributed by atoms with Crippen molar-refractivity contribution in [2.75, 3.05) is 20.3 Å². The summed E-state index contributed by atoms with van der Waals surface area (Å²) in [5.74, 6) is 2.02. The zero-order chi connectivity index (χ0) is 19.5. The number of nitrogens with one attached hydrogen (secondary N) is 2. The number of nitrogens with zero attached hydrogens (tertiary/aromatic N) is 1. The number of aliphatic imine (C=N–C) groups is 1. The lowest BCUT2D eigenvalue weighted by molar-refractivity contribution is 0.359. The summed E-state index contributed by atoms with van der Waals surface area (Å²) in [7, 11) is 1.53. The molecule has 2 aromatic carbocycles. The summed E-state index contributed by atoms with van der Waals surface area (Å²) in [6.07, 6.45) is 1.71. The second-order valence-electron chi connectivity index (χ2n) is 5.72. The zero-order valence-electron chi connectivity index (χ0n) is 15.9. The first kappa shape index (κ1) is 20.2. The van der Waals surface area contributed by atoms with Crippen LogP contribution in [0.2, 0.25) is 0 Å². The van der Waals surface area contributed by atoms with Gasteiger partial charge in [-0.15, -0.1) is 0 Å². The highest BCUT2D eigenvalue weighted by Gasteiger charge is 2.08. The number of ether oxygens (including phenoxy) is 2. The molecule has 0 amide bonds. The molecule has 0 atom stereocenters. The van der Waals surface area contributed by atoms with Gasteiger partial charge < -0.3 is 25.2 Å². The van der Waals surface area contributed by atoms with Crippen molar-refractivity contribution < 1.29 is 14.6 Å². The summed E-state index contributed by atoms with van der Waals surface area (Å²) in [4.78, 5) is 4.62. The molecule has 6 heteroatoms. The summed E-state index contributed by atoms with van der Waals surface area (Å²) in [6, 6.07) is 13.2. The van der Waals surface area contributed by atoms with Crippen LogP contribution < -0.4 is 20.1 Å². The molecule has 0 spiro atoms. The van der Waals surface area contributed by atoms with Gasteiger partial charge >= 0.3 is 0 Å². The first-order valence-electron chi connectivity index (χ1n) is 8.88. The molecular weight excluding hydrogens is 342 g/mol. The van der Waals surface area contributed by atoms with Gasteiger partial charge in [-0.3, -0.25) is 0 Å². The number of phenolic OH excluding ortho intramolecular Hbond substituents is 1. The Bertz CT molecular complexity index is 775. The fraction of sp³-hybridized carbons (Fsp3) is 0.286. The average Bonchev–Trinajstić information content (AvgIpc) is 2.70. The molecule has 0 unspecified atom stereocenters. The number of benzene rings is 2. The normalized spacial score (nSPS) is 11.0. The molecule has 0 saturated heterocycles. The standard InChI is InChI=1S/C21H27N3O3/c1-4-13-27-18-11-7-6-9-16(18)14-23-21(22-5-2)24-15-17-10-8-12-19(26-3)20(17)25/h4,6-12,25H,1,5,13-15H2,2-3H3,(H2,22,23,24). The summed E-state index contributed by atoms with van der Waals surface area (Å²) < 4.78 is 10.8. The first-order chi connectivity index (χ1) is 13.2. The van der Waals surface area contributed by atoms with E-state index in [1.807, 2.05) is 43.3 Å². The summed E-state index contributed by atoms with van der Waals surface area (Å²) in [5.41, 5.74) is 1.72. The highest BCUT2D eigenvalue weighted by atomic mass is 16.5. The van der Waals surface area contributed by atoms with Gasteiger partial charge in [-0.2, -0.15) is 0 Å². The molecule has 0 aliphatic heterocycles. The quantitative estimate of drug-likeness (QED) is 0.359. The van der Waals surface area contributed by atoms with Crippen LogP contribution in [0, 0.1) is 0 Å². The van der Waals surface area contributed by atoms with Gasteiger partial charge in [-0.1, -0.05) is 43.0 Å².